The lowest BCUT2D eigenvalue weighted by Crippen LogP contribution is -2.09. The molecule has 0 bridgehead atoms. The lowest BCUT2D eigenvalue weighted by Gasteiger charge is -2.08. The van der Waals surface area contributed by atoms with E-state index < -0.39 is 5.97 Å². The Morgan fingerprint density at radius 3 is 2.36 bits per heavy atom. The minimum atomic E-state index is -1.06. The first-order valence-electron chi connectivity index (χ1n) is 7.69. The fourth-order valence-electron chi connectivity index (χ4n) is 3.14. The molecule has 0 aliphatic rings. The van der Waals surface area contributed by atoms with Crippen LogP contribution >= 0.6 is 0 Å². The van der Waals surface area contributed by atoms with Gasteiger partial charge in [-0.25, -0.2) is 18.7 Å². The van der Waals surface area contributed by atoms with Crippen LogP contribution in [0.1, 0.15) is 10.5 Å². The quantitative estimate of drug-likeness (QED) is 0.619. The van der Waals surface area contributed by atoms with Crippen molar-refractivity contribution in [1.82, 2.24) is 14.2 Å². The van der Waals surface area contributed by atoms with Gasteiger partial charge in [-0.3, -0.25) is 4.68 Å². The summed E-state index contributed by atoms with van der Waals surface area (Å²) in [6.45, 7) is 0. The maximum atomic E-state index is 13.3. The molecule has 5 nitrogen and oxygen atoms in total. The van der Waals surface area contributed by atoms with Gasteiger partial charge in [0.05, 0.1) is 17.5 Å². The molecule has 0 spiro atoms. The zero-order valence-electron chi connectivity index (χ0n) is 13.3. The molecule has 4 aromatic rings. The molecule has 0 atom stereocenters. The predicted octanol–water partition coefficient (Wildman–Crippen LogP) is 3.84. The van der Waals surface area contributed by atoms with Crippen LogP contribution in [-0.2, 0) is 7.05 Å². The van der Waals surface area contributed by atoms with Crippen LogP contribution < -0.4 is 0 Å². The minimum Gasteiger partial charge on any atom is -0.476 e. The van der Waals surface area contributed by atoms with Crippen molar-refractivity contribution in [1.29, 1.82) is 0 Å². The minimum absolute atomic E-state index is 0.0723. The standard InChI is InChI=1S/C19H14FN3O2/c1-22-17(13-7-9-14(20)10-8-13)16(12-5-3-2-4-6-12)18-21-11-15(19(24)25)23(18)22/h2-11H,1H3,(H,24,25). The van der Waals surface area contributed by atoms with Crippen LogP contribution in [0.4, 0.5) is 4.39 Å². The molecule has 4 rings (SSSR count). The molecule has 0 aliphatic carbocycles. The molecular formula is C19H14FN3O2. The van der Waals surface area contributed by atoms with E-state index in [0.717, 1.165) is 22.4 Å². The number of rotatable bonds is 3. The number of aromatic carboxylic acids is 1. The van der Waals surface area contributed by atoms with Gasteiger partial charge in [-0.15, -0.1) is 0 Å². The molecule has 0 aliphatic heterocycles. The number of imidazole rings is 1. The summed E-state index contributed by atoms with van der Waals surface area (Å²) in [5, 5.41) is 9.45. The summed E-state index contributed by atoms with van der Waals surface area (Å²) >= 11 is 0. The Morgan fingerprint density at radius 2 is 1.72 bits per heavy atom. The molecule has 2 heterocycles. The average Bonchev–Trinajstić information content (AvgIpc) is 3.16. The summed E-state index contributed by atoms with van der Waals surface area (Å²) in [5.74, 6) is -1.38. The van der Waals surface area contributed by atoms with Crippen molar-refractivity contribution in [3.8, 4) is 22.4 Å². The summed E-state index contributed by atoms with van der Waals surface area (Å²) in [6.07, 6.45) is 1.35. The van der Waals surface area contributed by atoms with Gasteiger partial charge in [-0.05, 0) is 29.8 Å². The number of halogens is 1. The van der Waals surface area contributed by atoms with Crippen LogP contribution in [-0.4, -0.2) is 25.3 Å². The summed E-state index contributed by atoms with van der Waals surface area (Å²) < 4.78 is 16.6. The van der Waals surface area contributed by atoms with E-state index in [1.165, 1.54) is 18.3 Å². The summed E-state index contributed by atoms with van der Waals surface area (Å²) in [7, 11) is 1.77. The van der Waals surface area contributed by atoms with E-state index in [4.69, 9.17) is 0 Å². The van der Waals surface area contributed by atoms with Gasteiger partial charge in [-0.2, -0.15) is 0 Å². The number of aryl methyl sites for hydroxylation is 1. The third kappa shape index (κ3) is 2.30. The first kappa shape index (κ1) is 15.1. The first-order valence-corrected chi connectivity index (χ1v) is 7.69. The molecule has 6 heteroatoms. The molecular weight excluding hydrogens is 321 g/mol. The van der Waals surface area contributed by atoms with Crippen molar-refractivity contribution in [2.45, 2.75) is 0 Å². The van der Waals surface area contributed by atoms with Crippen LogP contribution in [0.25, 0.3) is 28.0 Å². The fraction of sp³-hybridized carbons (Fsp3) is 0.0526. The van der Waals surface area contributed by atoms with Crippen molar-refractivity contribution < 1.29 is 14.3 Å². The molecule has 0 unspecified atom stereocenters. The lowest BCUT2D eigenvalue weighted by atomic mass is 10.0. The second-order valence-corrected chi connectivity index (χ2v) is 5.70. The second kappa shape index (κ2) is 5.59. The molecule has 0 fully saturated rings. The highest BCUT2D eigenvalue weighted by molar-refractivity contribution is 5.94. The molecule has 25 heavy (non-hydrogen) atoms. The van der Waals surface area contributed by atoms with Crippen molar-refractivity contribution in [3.63, 3.8) is 0 Å². The SMILES string of the molecule is Cn1c(-c2ccc(F)cc2)c(-c2ccccc2)c2ncc(C(=O)O)n21. The van der Waals surface area contributed by atoms with Crippen LogP contribution in [0.5, 0.6) is 0 Å². The van der Waals surface area contributed by atoms with Crippen molar-refractivity contribution >= 4 is 11.6 Å². The summed E-state index contributed by atoms with van der Waals surface area (Å²) in [4.78, 5) is 15.9. The predicted molar refractivity (Wildman–Crippen MR) is 92.0 cm³/mol. The van der Waals surface area contributed by atoms with Gasteiger partial charge in [-0.1, -0.05) is 30.3 Å². The highest BCUT2D eigenvalue weighted by Gasteiger charge is 2.23. The largest absolute Gasteiger partial charge is 0.476 e. The maximum absolute atomic E-state index is 13.3. The number of carbonyl (C=O) groups is 1. The van der Waals surface area contributed by atoms with E-state index in [9.17, 15) is 14.3 Å². The maximum Gasteiger partial charge on any atom is 0.356 e. The van der Waals surface area contributed by atoms with E-state index in [-0.39, 0.29) is 11.5 Å². The molecule has 1 N–H and O–H groups in total. The molecule has 124 valence electrons. The lowest BCUT2D eigenvalue weighted by molar-refractivity contribution is 0.0686. The molecule has 0 saturated heterocycles. The van der Waals surface area contributed by atoms with Crippen molar-refractivity contribution in [3.05, 3.63) is 72.3 Å². The van der Waals surface area contributed by atoms with E-state index in [1.54, 1.807) is 28.4 Å². The number of nitrogens with zero attached hydrogens (tertiary/aromatic N) is 3. The Kier molecular flexibility index (Phi) is 3.39. The van der Waals surface area contributed by atoms with Gasteiger partial charge in [0.2, 0.25) is 0 Å². The first-order chi connectivity index (χ1) is 12.1. The van der Waals surface area contributed by atoms with Gasteiger partial charge >= 0.3 is 5.97 Å². The fourth-order valence-corrected chi connectivity index (χ4v) is 3.14. The van der Waals surface area contributed by atoms with Crippen LogP contribution in [0, 0.1) is 5.82 Å². The van der Waals surface area contributed by atoms with Gasteiger partial charge in [0.25, 0.3) is 0 Å². The number of aromatic nitrogens is 3. The zero-order valence-corrected chi connectivity index (χ0v) is 13.3. The topological polar surface area (TPSA) is 59.5 Å². The number of benzene rings is 2. The monoisotopic (exact) mass is 335 g/mol. The summed E-state index contributed by atoms with van der Waals surface area (Å²) in [5.41, 5.74) is 3.90. The third-order valence-corrected chi connectivity index (χ3v) is 4.22. The zero-order chi connectivity index (χ0) is 17.6. The Balaban J connectivity index is 2.11. The van der Waals surface area contributed by atoms with E-state index in [2.05, 4.69) is 4.98 Å². The van der Waals surface area contributed by atoms with E-state index in [1.807, 2.05) is 30.3 Å². The Morgan fingerprint density at radius 1 is 1.04 bits per heavy atom. The van der Waals surface area contributed by atoms with Gasteiger partial charge in [0.15, 0.2) is 11.3 Å². The second-order valence-electron chi connectivity index (χ2n) is 5.70. The molecule has 0 radical (unpaired) electrons. The normalized spacial score (nSPS) is 11.1. The smallest absolute Gasteiger partial charge is 0.356 e. The summed E-state index contributed by atoms with van der Waals surface area (Å²) in [6, 6.07) is 15.7. The van der Waals surface area contributed by atoms with E-state index in [0.29, 0.717) is 5.65 Å². The van der Waals surface area contributed by atoms with Crippen LogP contribution in [0.2, 0.25) is 0 Å². The van der Waals surface area contributed by atoms with Gasteiger partial charge in [0, 0.05) is 12.6 Å². The van der Waals surface area contributed by atoms with Gasteiger partial charge < -0.3 is 5.11 Å². The number of carboxylic acids is 1. The van der Waals surface area contributed by atoms with Crippen molar-refractivity contribution in [2.75, 3.05) is 0 Å². The molecule has 0 saturated carbocycles. The number of fused-ring (bicyclic) bond motifs is 1. The van der Waals surface area contributed by atoms with E-state index >= 15 is 0 Å². The molecule has 0 amide bonds. The van der Waals surface area contributed by atoms with Crippen molar-refractivity contribution in [2.24, 2.45) is 7.05 Å². The van der Waals surface area contributed by atoms with Crippen LogP contribution in [0.3, 0.4) is 0 Å². The average molecular weight is 335 g/mol. The molecule has 2 aromatic heterocycles. The van der Waals surface area contributed by atoms with Crippen LogP contribution in [0.15, 0.2) is 60.8 Å². The Labute approximate surface area is 142 Å². The highest BCUT2D eigenvalue weighted by atomic mass is 19.1. The van der Waals surface area contributed by atoms with Gasteiger partial charge in [0.1, 0.15) is 5.82 Å². The highest BCUT2D eigenvalue weighted by Crippen LogP contribution is 2.36. The third-order valence-electron chi connectivity index (χ3n) is 4.22. The number of hydrogen-bond acceptors (Lipinski definition) is 2. The molecule has 2 aromatic carbocycles. The Bertz CT molecular complexity index is 1080. The Hall–Kier alpha value is -3.41. The number of hydrogen-bond donors (Lipinski definition) is 1. The number of carboxylic acid groups (broad SMARTS) is 1.